The van der Waals surface area contributed by atoms with Gasteiger partial charge in [-0.2, -0.15) is 0 Å². The van der Waals surface area contributed by atoms with Gasteiger partial charge in [0.15, 0.2) is 17.3 Å². The Balaban J connectivity index is 1.94. The molecule has 0 spiro atoms. The molecule has 0 heterocycles. The number of hydrogen-bond acceptors (Lipinski definition) is 5. The number of esters is 1. The number of unbranched alkanes of at least 4 members (excludes halogenated alkanes) is 9. The highest BCUT2D eigenvalue weighted by Crippen LogP contribution is 2.30. The lowest BCUT2D eigenvalue weighted by atomic mass is 10.0. The molecule has 2 aromatic rings. The molecule has 0 aliphatic carbocycles. The van der Waals surface area contributed by atoms with Gasteiger partial charge in [0, 0.05) is 10.6 Å². The van der Waals surface area contributed by atoms with Gasteiger partial charge in [-0.15, -0.1) is 11.6 Å². The highest BCUT2D eigenvalue weighted by atomic mass is 35.5. The average molecular weight is 565 g/mol. The predicted octanol–water partition coefficient (Wildman–Crippen LogP) is 8.00. The smallest absolute Gasteiger partial charge is 0.347 e. The van der Waals surface area contributed by atoms with E-state index in [0.717, 1.165) is 19.3 Å². The highest BCUT2D eigenvalue weighted by molar-refractivity contribution is 6.45. The number of methoxy groups -OCH3 is 1. The van der Waals surface area contributed by atoms with Crippen LogP contribution in [0.2, 0.25) is 5.02 Å². The number of carbonyl (C=O) groups is 3. The standard InChI is InChI=1S/C30H39Cl2NO5/c1-3-4-5-6-7-8-9-10-11-15-18-26(30(36)37-2)38-25-20-19-23(31)21-24(25)33-29(35)27(32)28(34)22-16-13-12-14-17-22/h12-14,16-17,19-21,26-27H,3-11,15,18H2,1-2H3,(H,33,35). The molecule has 208 valence electrons. The van der Waals surface area contributed by atoms with Crippen LogP contribution >= 0.6 is 23.2 Å². The Hall–Kier alpha value is -2.57. The number of carbonyl (C=O) groups excluding carboxylic acids is 3. The van der Waals surface area contributed by atoms with Crippen molar-refractivity contribution < 1.29 is 23.9 Å². The molecule has 1 N–H and O–H groups in total. The van der Waals surface area contributed by atoms with Crippen LogP contribution in [0.15, 0.2) is 48.5 Å². The van der Waals surface area contributed by atoms with Crippen LogP contribution in [0.5, 0.6) is 5.75 Å². The number of ketones is 1. The number of benzene rings is 2. The first-order valence-electron chi connectivity index (χ1n) is 13.5. The molecule has 0 fully saturated rings. The van der Waals surface area contributed by atoms with E-state index in [0.29, 0.717) is 17.0 Å². The van der Waals surface area contributed by atoms with Crippen molar-refractivity contribution in [3.63, 3.8) is 0 Å². The van der Waals surface area contributed by atoms with Crippen molar-refractivity contribution >= 4 is 46.5 Å². The van der Waals surface area contributed by atoms with Crippen molar-refractivity contribution in [3.8, 4) is 5.75 Å². The Morgan fingerprint density at radius 1 is 0.868 bits per heavy atom. The van der Waals surface area contributed by atoms with Crippen LogP contribution in [0.4, 0.5) is 5.69 Å². The third-order valence-electron chi connectivity index (χ3n) is 6.27. The third kappa shape index (κ3) is 11.0. The van der Waals surface area contributed by atoms with E-state index in [2.05, 4.69) is 12.2 Å². The molecule has 2 atom stereocenters. The number of halogens is 2. The fourth-order valence-corrected chi connectivity index (χ4v) is 4.45. The molecule has 0 aromatic heterocycles. The second-order valence-corrected chi connectivity index (χ2v) is 10.2. The van der Waals surface area contributed by atoms with E-state index >= 15 is 0 Å². The van der Waals surface area contributed by atoms with Gasteiger partial charge in [-0.25, -0.2) is 4.79 Å². The summed E-state index contributed by atoms with van der Waals surface area (Å²) in [4.78, 5) is 37.8. The van der Waals surface area contributed by atoms with Gasteiger partial charge in [0.2, 0.25) is 0 Å². The highest BCUT2D eigenvalue weighted by Gasteiger charge is 2.27. The molecule has 0 radical (unpaired) electrons. The summed E-state index contributed by atoms with van der Waals surface area (Å²) in [6, 6.07) is 13.0. The van der Waals surface area contributed by atoms with E-state index in [1.165, 1.54) is 58.1 Å². The minimum atomic E-state index is -1.45. The van der Waals surface area contributed by atoms with Crippen molar-refractivity contribution in [2.45, 2.75) is 89.0 Å². The SMILES string of the molecule is CCCCCCCCCCCCC(Oc1ccc(Cl)cc1NC(=O)C(Cl)C(=O)c1ccccc1)C(=O)OC. The number of alkyl halides is 1. The predicted molar refractivity (Wildman–Crippen MR) is 153 cm³/mol. The maximum atomic E-state index is 12.8. The molecule has 6 nitrogen and oxygen atoms in total. The molecule has 0 saturated heterocycles. The first kappa shape index (κ1) is 31.6. The van der Waals surface area contributed by atoms with E-state index in [4.69, 9.17) is 32.7 Å². The van der Waals surface area contributed by atoms with E-state index < -0.39 is 29.1 Å². The molecule has 8 heteroatoms. The Kier molecular flexibility index (Phi) is 14.9. The maximum Gasteiger partial charge on any atom is 0.347 e. The van der Waals surface area contributed by atoms with Gasteiger partial charge in [-0.1, -0.05) is 107 Å². The van der Waals surface area contributed by atoms with Crippen LogP contribution in [0.3, 0.4) is 0 Å². The van der Waals surface area contributed by atoms with Gasteiger partial charge >= 0.3 is 5.97 Å². The zero-order valence-corrected chi connectivity index (χ0v) is 23.9. The van der Waals surface area contributed by atoms with Crippen LogP contribution in [-0.4, -0.2) is 36.3 Å². The number of ether oxygens (including phenoxy) is 2. The lowest BCUT2D eigenvalue weighted by molar-refractivity contribution is -0.149. The van der Waals surface area contributed by atoms with E-state index in [1.807, 2.05) is 0 Å². The molecule has 1 amide bonds. The largest absolute Gasteiger partial charge is 0.477 e. The second kappa shape index (κ2) is 17.8. The van der Waals surface area contributed by atoms with Crippen molar-refractivity contribution in [3.05, 3.63) is 59.1 Å². The number of Topliss-reactive ketones (excluding diaryl/α,β-unsaturated/α-hetero) is 1. The molecule has 0 aliphatic heterocycles. The summed E-state index contributed by atoms with van der Waals surface area (Å²) in [6.07, 6.45) is 11.4. The summed E-state index contributed by atoms with van der Waals surface area (Å²) in [5, 5.41) is 1.51. The zero-order valence-electron chi connectivity index (χ0n) is 22.3. The number of rotatable bonds is 18. The summed E-state index contributed by atoms with van der Waals surface area (Å²) in [5.41, 5.74) is 0.540. The van der Waals surface area contributed by atoms with Crippen LogP contribution in [-0.2, 0) is 14.3 Å². The van der Waals surface area contributed by atoms with Crippen molar-refractivity contribution in [2.24, 2.45) is 0 Å². The maximum absolute atomic E-state index is 12.8. The van der Waals surface area contributed by atoms with Gasteiger partial charge in [0.25, 0.3) is 5.91 Å². The van der Waals surface area contributed by atoms with Gasteiger partial charge in [0.1, 0.15) is 5.75 Å². The lowest BCUT2D eigenvalue weighted by Gasteiger charge is -2.20. The molecule has 2 aromatic carbocycles. The van der Waals surface area contributed by atoms with Crippen molar-refractivity contribution in [1.29, 1.82) is 0 Å². The van der Waals surface area contributed by atoms with E-state index in [-0.39, 0.29) is 11.4 Å². The molecule has 38 heavy (non-hydrogen) atoms. The van der Waals surface area contributed by atoms with Gasteiger partial charge < -0.3 is 14.8 Å². The number of hydrogen-bond donors (Lipinski definition) is 1. The first-order chi connectivity index (χ1) is 18.4. The fraction of sp³-hybridized carbons (Fsp3) is 0.500. The summed E-state index contributed by atoms with van der Waals surface area (Å²) in [7, 11) is 1.31. The molecule has 0 saturated carbocycles. The quantitative estimate of drug-likeness (QED) is 0.0652. The van der Waals surface area contributed by atoms with Crippen molar-refractivity contribution in [1.82, 2.24) is 0 Å². The molecule has 0 aliphatic rings. The van der Waals surface area contributed by atoms with Crippen LogP contribution in [0, 0.1) is 0 Å². The topological polar surface area (TPSA) is 81.7 Å². The Morgan fingerprint density at radius 3 is 2.08 bits per heavy atom. The Morgan fingerprint density at radius 2 is 1.47 bits per heavy atom. The Labute approximate surface area is 236 Å². The molecule has 0 bridgehead atoms. The van der Waals surface area contributed by atoms with Gasteiger partial charge in [-0.05, 0) is 31.0 Å². The zero-order chi connectivity index (χ0) is 27.8. The van der Waals surface area contributed by atoms with Crippen LogP contribution < -0.4 is 10.1 Å². The van der Waals surface area contributed by atoms with E-state index in [9.17, 15) is 14.4 Å². The minimum Gasteiger partial charge on any atom is -0.477 e. The minimum absolute atomic E-state index is 0.214. The third-order valence-corrected chi connectivity index (χ3v) is 6.90. The number of nitrogens with one attached hydrogen (secondary N) is 1. The summed E-state index contributed by atoms with van der Waals surface area (Å²) in [5.74, 6) is -1.51. The summed E-state index contributed by atoms with van der Waals surface area (Å²) in [6.45, 7) is 2.22. The monoisotopic (exact) mass is 563 g/mol. The fourth-order valence-electron chi connectivity index (χ4n) is 4.09. The summed E-state index contributed by atoms with van der Waals surface area (Å²) >= 11 is 12.3. The molecule has 2 unspecified atom stereocenters. The van der Waals surface area contributed by atoms with E-state index in [1.54, 1.807) is 42.5 Å². The van der Waals surface area contributed by atoms with Gasteiger partial charge in [-0.3, -0.25) is 9.59 Å². The molecule has 2 rings (SSSR count). The van der Waals surface area contributed by atoms with Crippen LogP contribution in [0.1, 0.15) is 87.9 Å². The summed E-state index contributed by atoms with van der Waals surface area (Å²) < 4.78 is 10.9. The normalized spacial score (nSPS) is 12.4. The van der Waals surface area contributed by atoms with Crippen LogP contribution in [0.25, 0.3) is 0 Å². The second-order valence-electron chi connectivity index (χ2n) is 9.32. The lowest BCUT2D eigenvalue weighted by Crippen LogP contribution is -2.32. The molecular weight excluding hydrogens is 525 g/mol. The number of anilines is 1. The number of amides is 1. The molecular formula is C30H39Cl2NO5. The average Bonchev–Trinajstić information content (AvgIpc) is 2.93. The Bertz CT molecular complexity index is 1010. The first-order valence-corrected chi connectivity index (χ1v) is 14.3. The van der Waals surface area contributed by atoms with Crippen molar-refractivity contribution in [2.75, 3.05) is 12.4 Å². The van der Waals surface area contributed by atoms with Gasteiger partial charge in [0.05, 0.1) is 12.8 Å².